The Morgan fingerprint density at radius 3 is 2.67 bits per heavy atom. The number of fused-ring (bicyclic) bond motifs is 1. The molecule has 21 heavy (non-hydrogen) atoms. The Bertz CT molecular complexity index is 734. The molecular weight excluding hydrogens is 300 g/mol. The van der Waals surface area contributed by atoms with Gasteiger partial charge in [0.1, 0.15) is 0 Å². The number of nitrogens with zero attached hydrogens (tertiary/aromatic N) is 1. The van der Waals surface area contributed by atoms with E-state index < -0.39 is 0 Å². The first kappa shape index (κ1) is 14.4. The Balaban J connectivity index is 1.77. The van der Waals surface area contributed by atoms with Crippen LogP contribution in [0, 0.1) is 0 Å². The van der Waals surface area contributed by atoms with Crippen molar-refractivity contribution in [2.75, 3.05) is 5.32 Å². The second-order valence-corrected chi connectivity index (χ2v) is 6.44. The molecule has 0 aliphatic heterocycles. The summed E-state index contributed by atoms with van der Waals surface area (Å²) in [6.07, 6.45) is 3.61. The van der Waals surface area contributed by atoms with Crippen molar-refractivity contribution in [2.45, 2.75) is 26.2 Å². The van der Waals surface area contributed by atoms with Gasteiger partial charge in [-0.05, 0) is 42.7 Å². The Morgan fingerprint density at radius 2 is 1.95 bits per heavy atom. The fourth-order valence-corrected chi connectivity index (χ4v) is 3.40. The normalized spacial score (nSPS) is 11.0. The van der Waals surface area contributed by atoms with Crippen molar-refractivity contribution in [3.05, 3.63) is 53.1 Å². The van der Waals surface area contributed by atoms with E-state index in [2.05, 4.69) is 41.5 Å². The number of thiazole rings is 1. The molecule has 0 saturated heterocycles. The molecule has 4 heteroatoms. The van der Waals surface area contributed by atoms with Crippen LogP contribution in [0.4, 0.5) is 10.8 Å². The number of nitrogens with one attached hydrogen (secondary N) is 1. The molecule has 0 saturated carbocycles. The average molecular weight is 317 g/mol. The van der Waals surface area contributed by atoms with Crippen LogP contribution in [0.5, 0.6) is 0 Å². The molecule has 0 aliphatic rings. The van der Waals surface area contributed by atoms with Gasteiger partial charge < -0.3 is 5.32 Å². The maximum absolute atomic E-state index is 6.19. The minimum absolute atomic E-state index is 0.757. The van der Waals surface area contributed by atoms with Gasteiger partial charge in [0.05, 0.1) is 15.2 Å². The van der Waals surface area contributed by atoms with Crippen LogP contribution in [0.2, 0.25) is 5.02 Å². The quantitative estimate of drug-likeness (QED) is 0.621. The van der Waals surface area contributed by atoms with Gasteiger partial charge in [-0.3, -0.25) is 0 Å². The zero-order chi connectivity index (χ0) is 14.7. The number of halogens is 1. The summed E-state index contributed by atoms with van der Waals surface area (Å²) < 4.78 is 1.03. The molecule has 0 spiro atoms. The predicted octanol–water partition coefficient (Wildman–Crippen LogP) is 6.04. The number of hydrogen-bond acceptors (Lipinski definition) is 3. The molecule has 0 bridgehead atoms. The minimum Gasteiger partial charge on any atom is -0.332 e. The Hall–Kier alpha value is -1.58. The second kappa shape index (κ2) is 6.46. The van der Waals surface area contributed by atoms with E-state index in [1.807, 2.05) is 18.2 Å². The van der Waals surface area contributed by atoms with E-state index in [4.69, 9.17) is 11.6 Å². The summed E-state index contributed by atoms with van der Waals surface area (Å²) in [6, 6.07) is 14.4. The van der Waals surface area contributed by atoms with Crippen molar-refractivity contribution in [3.8, 4) is 0 Å². The van der Waals surface area contributed by atoms with Crippen LogP contribution in [0.3, 0.4) is 0 Å². The third-order valence-electron chi connectivity index (χ3n) is 3.39. The standard InChI is InChI=1S/C17H17ClN2S/c1-2-3-5-12-8-10-13(11-9-12)19-17-20-15-7-4-6-14(18)16(15)21-17/h4,6-11H,2-3,5H2,1H3,(H,19,20). The molecule has 0 fully saturated rings. The van der Waals surface area contributed by atoms with E-state index in [0.717, 1.165) is 32.5 Å². The first-order chi connectivity index (χ1) is 10.3. The summed E-state index contributed by atoms with van der Waals surface area (Å²) in [5, 5.41) is 4.98. The van der Waals surface area contributed by atoms with Gasteiger partial charge in [0, 0.05) is 5.69 Å². The van der Waals surface area contributed by atoms with E-state index in [1.54, 1.807) is 11.3 Å². The third kappa shape index (κ3) is 3.36. The molecule has 3 aromatic rings. The molecule has 1 heterocycles. The number of aryl methyl sites for hydroxylation is 1. The van der Waals surface area contributed by atoms with Crippen molar-refractivity contribution < 1.29 is 0 Å². The van der Waals surface area contributed by atoms with Gasteiger partial charge in [0.2, 0.25) is 0 Å². The van der Waals surface area contributed by atoms with E-state index in [9.17, 15) is 0 Å². The number of aromatic nitrogens is 1. The summed E-state index contributed by atoms with van der Waals surface area (Å²) in [4.78, 5) is 4.56. The zero-order valence-electron chi connectivity index (χ0n) is 11.9. The number of hydrogen-bond donors (Lipinski definition) is 1. The summed E-state index contributed by atoms with van der Waals surface area (Å²) in [7, 11) is 0. The molecule has 1 N–H and O–H groups in total. The van der Waals surface area contributed by atoms with Crippen molar-refractivity contribution in [1.29, 1.82) is 0 Å². The summed E-state index contributed by atoms with van der Waals surface area (Å²) in [6.45, 7) is 2.22. The summed E-state index contributed by atoms with van der Waals surface area (Å²) >= 11 is 7.77. The minimum atomic E-state index is 0.757. The van der Waals surface area contributed by atoms with E-state index in [0.29, 0.717) is 0 Å². The largest absolute Gasteiger partial charge is 0.332 e. The van der Waals surface area contributed by atoms with Crippen molar-refractivity contribution in [3.63, 3.8) is 0 Å². The van der Waals surface area contributed by atoms with Crippen LogP contribution in [-0.2, 0) is 6.42 Å². The van der Waals surface area contributed by atoms with E-state index >= 15 is 0 Å². The lowest BCUT2D eigenvalue weighted by molar-refractivity contribution is 0.795. The van der Waals surface area contributed by atoms with Crippen molar-refractivity contribution in [2.24, 2.45) is 0 Å². The first-order valence-corrected chi connectivity index (χ1v) is 8.36. The van der Waals surface area contributed by atoms with Gasteiger partial charge >= 0.3 is 0 Å². The molecular formula is C17H17ClN2S. The van der Waals surface area contributed by atoms with E-state index in [-0.39, 0.29) is 0 Å². The highest BCUT2D eigenvalue weighted by Gasteiger charge is 2.06. The number of benzene rings is 2. The van der Waals surface area contributed by atoms with Crippen molar-refractivity contribution >= 4 is 44.0 Å². The van der Waals surface area contributed by atoms with Gasteiger partial charge in [-0.15, -0.1) is 0 Å². The van der Waals surface area contributed by atoms with Crippen LogP contribution in [0.1, 0.15) is 25.3 Å². The molecule has 108 valence electrons. The topological polar surface area (TPSA) is 24.9 Å². The van der Waals surface area contributed by atoms with Gasteiger partial charge in [0.25, 0.3) is 0 Å². The van der Waals surface area contributed by atoms with Gasteiger partial charge in [-0.25, -0.2) is 4.98 Å². The predicted molar refractivity (Wildman–Crippen MR) is 93.0 cm³/mol. The van der Waals surface area contributed by atoms with Gasteiger partial charge in [-0.2, -0.15) is 0 Å². The Morgan fingerprint density at radius 1 is 1.14 bits per heavy atom. The maximum atomic E-state index is 6.19. The van der Waals surface area contributed by atoms with Crippen LogP contribution in [0.15, 0.2) is 42.5 Å². The average Bonchev–Trinajstić information content (AvgIpc) is 2.91. The molecule has 0 unspecified atom stereocenters. The van der Waals surface area contributed by atoms with Crippen LogP contribution < -0.4 is 5.32 Å². The highest BCUT2D eigenvalue weighted by Crippen LogP contribution is 2.33. The lowest BCUT2D eigenvalue weighted by Crippen LogP contribution is -1.90. The highest BCUT2D eigenvalue weighted by molar-refractivity contribution is 7.22. The third-order valence-corrected chi connectivity index (χ3v) is 4.84. The molecule has 1 aromatic heterocycles. The fourth-order valence-electron chi connectivity index (χ4n) is 2.23. The first-order valence-electron chi connectivity index (χ1n) is 7.17. The SMILES string of the molecule is CCCCc1ccc(Nc2nc3cccc(Cl)c3s2)cc1. The maximum Gasteiger partial charge on any atom is 0.188 e. The molecule has 0 aliphatic carbocycles. The number of unbranched alkanes of at least 4 members (excludes halogenated alkanes) is 1. The fraction of sp³-hybridized carbons (Fsp3) is 0.235. The lowest BCUT2D eigenvalue weighted by atomic mass is 10.1. The molecule has 2 nitrogen and oxygen atoms in total. The Labute approximate surface area is 133 Å². The highest BCUT2D eigenvalue weighted by atomic mass is 35.5. The molecule has 0 radical (unpaired) electrons. The van der Waals surface area contributed by atoms with Gasteiger partial charge in [0.15, 0.2) is 5.13 Å². The molecule has 2 aromatic carbocycles. The van der Waals surface area contributed by atoms with Crippen LogP contribution in [-0.4, -0.2) is 4.98 Å². The molecule has 0 amide bonds. The lowest BCUT2D eigenvalue weighted by Gasteiger charge is -2.04. The number of anilines is 2. The molecule has 0 atom stereocenters. The second-order valence-electron chi connectivity index (χ2n) is 5.03. The van der Waals surface area contributed by atoms with E-state index in [1.165, 1.54) is 18.4 Å². The number of rotatable bonds is 5. The summed E-state index contributed by atoms with van der Waals surface area (Å²) in [5.74, 6) is 0. The molecule has 3 rings (SSSR count). The summed E-state index contributed by atoms with van der Waals surface area (Å²) in [5.41, 5.74) is 3.38. The zero-order valence-corrected chi connectivity index (χ0v) is 13.5. The monoisotopic (exact) mass is 316 g/mol. The van der Waals surface area contributed by atoms with Crippen molar-refractivity contribution in [1.82, 2.24) is 4.98 Å². The van der Waals surface area contributed by atoms with Gasteiger partial charge in [-0.1, -0.05) is 54.5 Å². The van der Waals surface area contributed by atoms with Crippen LogP contribution >= 0.6 is 22.9 Å². The van der Waals surface area contributed by atoms with Crippen LogP contribution in [0.25, 0.3) is 10.2 Å². The smallest absolute Gasteiger partial charge is 0.188 e. The Kier molecular flexibility index (Phi) is 4.42.